The predicted molar refractivity (Wildman–Crippen MR) is 96.2 cm³/mol. The molecule has 2 aromatic rings. The second-order valence-electron chi connectivity index (χ2n) is 7.30. The van der Waals surface area contributed by atoms with Crippen LogP contribution in [0.3, 0.4) is 0 Å². The quantitative estimate of drug-likeness (QED) is 0.690. The molecular weight excluding hydrogens is 354 g/mol. The number of halogens is 2. The Morgan fingerprint density at radius 3 is 2.56 bits per heavy atom. The average Bonchev–Trinajstić information content (AvgIpc) is 2.91. The number of pyridine rings is 1. The smallest absolute Gasteiger partial charge is 0.213 e. The summed E-state index contributed by atoms with van der Waals surface area (Å²) in [5, 5.41) is 23.2. The zero-order chi connectivity index (χ0) is 19.4. The Hall–Kier alpha value is -2.09. The van der Waals surface area contributed by atoms with Crippen LogP contribution in [0.4, 0.5) is 8.78 Å². The monoisotopic (exact) mass is 378 g/mol. The zero-order valence-electron chi connectivity index (χ0n) is 15.2. The largest absolute Gasteiger partial charge is 0.477 e. The molecule has 1 saturated carbocycles. The van der Waals surface area contributed by atoms with Gasteiger partial charge in [-0.2, -0.15) is 0 Å². The van der Waals surface area contributed by atoms with Gasteiger partial charge < -0.3 is 20.3 Å². The second-order valence-corrected chi connectivity index (χ2v) is 7.30. The molecule has 3 atom stereocenters. The number of aliphatic hydroxyl groups excluding tert-OH is 2. The number of hydrogen-bond donors (Lipinski definition) is 3. The summed E-state index contributed by atoms with van der Waals surface area (Å²) < 4.78 is 32.2. The number of aryl methyl sites for hydroxylation is 1. The van der Waals surface area contributed by atoms with Gasteiger partial charge in [0.25, 0.3) is 0 Å². The number of aliphatic hydroxyl groups is 2. The molecule has 1 heterocycles. The highest BCUT2D eigenvalue weighted by atomic mass is 19.2. The molecule has 0 saturated heterocycles. The second kappa shape index (κ2) is 8.29. The summed E-state index contributed by atoms with van der Waals surface area (Å²) in [6, 6.07) is 9.25. The van der Waals surface area contributed by atoms with E-state index < -0.39 is 29.3 Å². The number of nitrogens with zero attached hydrogens (tertiary/aromatic N) is 1. The van der Waals surface area contributed by atoms with Crippen molar-refractivity contribution in [3.8, 4) is 5.88 Å². The molecule has 1 unspecified atom stereocenters. The first-order valence-corrected chi connectivity index (χ1v) is 8.94. The molecule has 27 heavy (non-hydrogen) atoms. The number of ether oxygens (including phenoxy) is 1. The van der Waals surface area contributed by atoms with Crippen LogP contribution in [0.1, 0.15) is 24.1 Å². The fraction of sp³-hybridized carbons (Fsp3) is 0.450. The van der Waals surface area contributed by atoms with Gasteiger partial charge in [-0.25, -0.2) is 13.8 Å². The topological polar surface area (TPSA) is 74.6 Å². The Kier molecular flexibility index (Phi) is 6.04. The standard InChI is InChI=1S/C20H24F2N2O3/c1-13-3-2-4-19(24-13)27-12-20(8-17(25)18(26)9-20)11-23-10-14-5-6-15(21)16(22)7-14/h2-7,17-18,23,25-26H,8-12H2,1H3/t17-,18+,20?. The summed E-state index contributed by atoms with van der Waals surface area (Å²) in [6.45, 7) is 2.94. The van der Waals surface area contributed by atoms with E-state index in [-0.39, 0.29) is 6.61 Å². The summed E-state index contributed by atoms with van der Waals surface area (Å²) in [5.74, 6) is -1.27. The summed E-state index contributed by atoms with van der Waals surface area (Å²) in [7, 11) is 0. The molecule has 1 fully saturated rings. The lowest BCUT2D eigenvalue weighted by Crippen LogP contribution is -2.38. The first-order valence-electron chi connectivity index (χ1n) is 8.94. The van der Waals surface area contributed by atoms with Gasteiger partial charge in [0, 0.05) is 30.3 Å². The maximum atomic E-state index is 13.3. The maximum Gasteiger partial charge on any atom is 0.213 e. The van der Waals surface area contributed by atoms with Crippen LogP contribution in [0, 0.1) is 24.0 Å². The number of hydrogen-bond acceptors (Lipinski definition) is 5. The molecule has 1 aromatic carbocycles. The van der Waals surface area contributed by atoms with Gasteiger partial charge >= 0.3 is 0 Å². The van der Waals surface area contributed by atoms with Crippen molar-refractivity contribution in [3.63, 3.8) is 0 Å². The van der Waals surface area contributed by atoms with Crippen LogP contribution in [-0.4, -0.2) is 40.6 Å². The molecular formula is C20H24F2N2O3. The van der Waals surface area contributed by atoms with Crippen LogP contribution in [0.2, 0.25) is 0 Å². The molecule has 3 rings (SSSR count). The first kappa shape index (κ1) is 19.7. The summed E-state index contributed by atoms with van der Waals surface area (Å²) in [4.78, 5) is 4.30. The van der Waals surface area contributed by atoms with Crippen molar-refractivity contribution in [3.05, 3.63) is 59.3 Å². The van der Waals surface area contributed by atoms with Gasteiger partial charge in [0.2, 0.25) is 5.88 Å². The number of benzene rings is 1. The van der Waals surface area contributed by atoms with Gasteiger partial charge in [-0.05, 0) is 43.5 Å². The Morgan fingerprint density at radius 1 is 1.15 bits per heavy atom. The Morgan fingerprint density at radius 2 is 1.89 bits per heavy atom. The van der Waals surface area contributed by atoms with Crippen molar-refractivity contribution in [2.24, 2.45) is 5.41 Å². The molecule has 146 valence electrons. The molecule has 1 aromatic heterocycles. The van der Waals surface area contributed by atoms with Gasteiger partial charge in [0.05, 0.1) is 18.8 Å². The zero-order valence-corrected chi connectivity index (χ0v) is 15.2. The lowest BCUT2D eigenvalue weighted by atomic mass is 9.86. The van der Waals surface area contributed by atoms with Crippen LogP contribution >= 0.6 is 0 Å². The first-order chi connectivity index (χ1) is 12.9. The third kappa shape index (κ3) is 5.00. The minimum Gasteiger partial charge on any atom is -0.477 e. The molecule has 7 heteroatoms. The lowest BCUT2D eigenvalue weighted by Gasteiger charge is -2.29. The van der Waals surface area contributed by atoms with E-state index in [1.54, 1.807) is 6.07 Å². The van der Waals surface area contributed by atoms with E-state index in [9.17, 15) is 19.0 Å². The van der Waals surface area contributed by atoms with E-state index in [0.29, 0.717) is 37.4 Å². The van der Waals surface area contributed by atoms with Crippen molar-refractivity contribution in [1.29, 1.82) is 0 Å². The van der Waals surface area contributed by atoms with Crippen LogP contribution < -0.4 is 10.1 Å². The van der Waals surface area contributed by atoms with E-state index in [0.717, 1.165) is 17.8 Å². The molecule has 0 aliphatic heterocycles. The van der Waals surface area contributed by atoms with Gasteiger partial charge in [-0.3, -0.25) is 0 Å². The van der Waals surface area contributed by atoms with Gasteiger partial charge in [-0.15, -0.1) is 0 Å². The molecule has 0 spiro atoms. The number of rotatable bonds is 7. The Labute approximate surface area is 157 Å². The third-order valence-electron chi connectivity index (χ3n) is 4.93. The summed E-state index contributed by atoms with van der Waals surface area (Å²) in [6.07, 6.45) is -0.872. The van der Waals surface area contributed by atoms with Crippen molar-refractivity contribution >= 4 is 0 Å². The predicted octanol–water partition coefficient (Wildman–Crippen LogP) is 2.34. The average molecular weight is 378 g/mol. The fourth-order valence-corrected chi connectivity index (χ4v) is 3.50. The van der Waals surface area contributed by atoms with E-state index in [2.05, 4.69) is 10.3 Å². The molecule has 1 aliphatic rings. The normalized spacial score (nSPS) is 24.9. The third-order valence-corrected chi connectivity index (χ3v) is 4.93. The van der Waals surface area contributed by atoms with Crippen molar-refractivity contribution < 1.29 is 23.7 Å². The van der Waals surface area contributed by atoms with Crippen molar-refractivity contribution in [1.82, 2.24) is 10.3 Å². The molecule has 3 N–H and O–H groups in total. The van der Waals surface area contributed by atoms with Crippen LogP contribution in [0.5, 0.6) is 5.88 Å². The van der Waals surface area contributed by atoms with Gasteiger partial charge in [0.1, 0.15) is 0 Å². The van der Waals surface area contributed by atoms with Crippen molar-refractivity contribution in [2.45, 2.75) is 38.5 Å². The lowest BCUT2D eigenvalue weighted by molar-refractivity contribution is 0.0438. The van der Waals surface area contributed by atoms with Gasteiger partial charge in [-0.1, -0.05) is 12.1 Å². The minimum absolute atomic E-state index is 0.280. The van der Waals surface area contributed by atoms with E-state index in [1.807, 2.05) is 19.1 Å². The van der Waals surface area contributed by atoms with Crippen LogP contribution in [-0.2, 0) is 6.54 Å². The SMILES string of the molecule is Cc1cccc(OCC2(CNCc3ccc(F)c(F)c3)C[C@@H](O)[C@@H](O)C2)n1. The highest BCUT2D eigenvalue weighted by molar-refractivity contribution is 5.18. The van der Waals surface area contributed by atoms with E-state index in [1.165, 1.54) is 6.07 Å². The fourth-order valence-electron chi connectivity index (χ4n) is 3.50. The molecule has 0 bridgehead atoms. The van der Waals surface area contributed by atoms with Crippen LogP contribution in [0.15, 0.2) is 36.4 Å². The van der Waals surface area contributed by atoms with Gasteiger partial charge in [0.15, 0.2) is 11.6 Å². The van der Waals surface area contributed by atoms with E-state index in [4.69, 9.17) is 4.74 Å². The highest BCUT2D eigenvalue weighted by Gasteiger charge is 2.44. The summed E-state index contributed by atoms with van der Waals surface area (Å²) in [5.41, 5.74) is 0.969. The maximum absolute atomic E-state index is 13.3. The molecule has 1 aliphatic carbocycles. The molecule has 0 radical (unpaired) electrons. The molecule has 5 nitrogen and oxygen atoms in total. The number of aromatic nitrogens is 1. The van der Waals surface area contributed by atoms with Crippen molar-refractivity contribution in [2.75, 3.05) is 13.2 Å². The number of nitrogens with one attached hydrogen (secondary N) is 1. The minimum atomic E-state index is -0.885. The Balaban J connectivity index is 1.63. The highest BCUT2D eigenvalue weighted by Crippen LogP contribution is 2.38. The Bertz CT molecular complexity index is 778. The van der Waals surface area contributed by atoms with Crippen LogP contribution in [0.25, 0.3) is 0 Å². The van der Waals surface area contributed by atoms with E-state index >= 15 is 0 Å². The molecule has 0 amide bonds. The summed E-state index contributed by atoms with van der Waals surface area (Å²) >= 11 is 0.